The molecule has 0 aliphatic carbocycles. The molecule has 0 radical (unpaired) electrons. The van der Waals surface area contributed by atoms with Gasteiger partial charge in [-0.15, -0.1) is 0 Å². The van der Waals surface area contributed by atoms with Crippen molar-refractivity contribution in [2.75, 3.05) is 13.2 Å². The van der Waals surface area contributed by atoms with Gasteiger partial charge in [0.05, 0.1) is 13.2 Å². The lowest BCUT2D eigenvalue weighted by atomic mass is 10.1. The van der Waals surface area contributed by atoms with Crippen LogP contribution in [0.2, 0.25) is 0 Å². The molecule has 0 spiro atoms. The van der Waals surface area contributed by atoms with Crippen LogP contribution in [-0.2, 0) is 19.1 Å². The fourth-order valence-corrected chi connectivity index (χ4v) is 1.53. The second-order valence-electron chi connectivity index (χ2n) is 4.85. The van der Waals surface area contributed by atoms with Crippen molar-refractivity contribution in [1.29, 1.82) is 0 Å². The molecule has 0 unspecified atom stereocenters. The summed E-state index contributed by atoms with van der Waals surface area (Å²) in [6.07, 6.45) is 7.21. The Balaban J connectivity index is 4.93. The predicted molar refractivity (Wildman–Crippen MR) is 83.8 cm³/mol. The van der Waals surface area contributed by atoms with Crippen molar-refractivity contribution in [3.8, 4) is 0 Å². The number of allylic oxidation sites excluding steroid dienone is 5. The Kier molecular flexibility index (Phi) is 9.94. The highest BCUT2D eigenvalue weighted by molar-refractivity contribution is 6.14. The van der Waals surface area contributed by atoms with Crippen molar-refractivity contribution in [3.63, 3.8) is 0 Å². The Morgan fingerprint density at radius 3 is 1.86 bits per heavy atom. The van der Waals surface area contributed by atoms with Crippen molar-refractivity contribution in [3.05, 3.63) is 34.9 Å². The smallest absolute Gasteiger partial charge is 0.345 e. The Bertz CT molecular complexity index is 418. The summed E-state index contributed by atoms with van der Waals surface area (Å²) in [4.78, 5) is 23.5. The van der Waals surface area contributed by atoms with E-state index in [1.165, 1.54) is 11.6 Å². The maximum Gasteiger partial charge on any atom is 0.345 e. The van der Waals surface area contributed by atoms with Crippen molar-refractivity contribution in [2.45, 2.75) is 47.5 Å². The van der Waals surface area contributed by atoms with Crippen molar-refractivity contribution >= 4 is 11.9 Å². The molecule has 0 aliphatic rings. The van der Waals surface area contributed by atoms with E-state index in [4.69, 9.17) is 9.47 Å². The molecule has 4 nitrogen and oxygen atoms in total. The van der Waals surface area contributed by atoms with Gasteiger partial charge in [0.2, 0.25) is 0 Å². The molecule has 21 heavy (non-hydrogen) atoms. The zero-order valence-electron chi connectivity index (χ0n) is 13.7. The van der Waals surface area contributed by atoms with Crippen LogP contribution in [0.5, 0.6) is 0 Å². The summed E-state index contributed by atoms with van der Waals surface area (Å²) < 4.78 is 9.74. The van der Waals surface area contributed by atoms with E-state index in [0.717, 1.165) is 18.4 Å². The van der Waals surface area contributed by atoms with Crippen LogP contribution in [0.15, 0.2) is 34.9 Å². The van der Waals surface area contributed by atoms with Gasteiger partial charge >= 0.3 is 11.9 Å². The Labute approximate surface area is 127 Å². The Hall–Kier alpha value is -1.84. The first-order valence-electron chi connectivity index (χ1n) is 7.27. The van der Waals surface area contributed by atoms with Gasteiger partial charge in [-0.05, 0) is 53.5 Å². The van der Waals surface area contributed by atoms with E-state index < -0.39 is 11.9 Å². The lowest BCUT2D eigenvalue weighted by Gasteiger charge is -2.05. The maximum atomic E-state index is 11.7. The molecule has 0 saturated carbocycles. The SMILES string of the molecule is CCOC(=O)C(=CC=C(C)CCC=C(C)C)C(=O)OCC. The average Bonchev–Trinajstić information content (AvgIpc) is 2.39. The summed E-state index contributed by atoms with van der Waals surface area (Å²) >= 11 is 0. The lowest BCUT2D eigenvalue weighted by Crippen LogP contribution is -2.18. The topological polar surface area (TPSA) is 52.6 Å². The molecule has 0 aliphatic heterocycles. The minimum atomic E-state index is -0.649. The summed E-state index contributed by atoms with van der Waals surface area (Å²) in [7, 11) is 0. The standard InChI is InChI=1S/C17H26O4/c1-6-20-16(18)15(17(19)21-7-2)12-11-14(5)10-8-9-13(3)4/h9,11-12H,6-8,10H2,1-5H3. The van der Waals surface area contributed by atoms with Crippen molar-refractivity contribution < 1.29 is 19.1 Å². The monoisotopic (exact) mass is 294 g/mol. The molecule has 0 fully saturated rings. The van der Waals surface area contributed by atoms with Gasteiger partial charge in [0.25, 0.3) is 0 Å². The van der Waals surface area contributed by atoms with E-state index in [1.807, 2.05) is 6.92 Å². The minimum absolute atomic E-state index is 0.0692. The Morgan fingerprint density at radius 2 is 1.43 bits per heavy atom. The third kappa shape index (κ3) is 8.84. The first-order valence-corrected chi connectivity index (χ1v) is 7.27. The second kappa shape index (κ2) is 10.9. The molecule has 118 valence electrons. The molecule has 0 saturated heterocycles. The van der Waals surface area contributed by atoms with Crippen LogP contribution < -0.4 is 0 Å². The molecule has 4 heteroatoms. The number of rotatable bonds is 8. The lowest BCUT2D eigenvalue weighted by molar-refractivity contribution is -0.146. The number of carbonyl (C=O) groups excluding carboxylic acids is 2. The first kappa shape index (κ1) is 19.2. The van der Waals surface area contributed by atoms with Crippen LogP contribution in [-0.4, -0.2) is 25.2 Å². The summed E-state index contributed by atoms with van der Waals surface area (Å²) in [6.45, 7) is 9.90. The molecule has 0 amide bonds. The van der Waals surface area contributed by atoms with Gasteiger partial charge in [-0.1, -0.05) is 23.3 Å². The summed E-state index contributed by atoms with van der Waals surface area (Å²) in [6, 6.07) is 0. The van der Waals surface area contributed by atoms with E-state index >= 15 is 0 Å². The second-order valence-corrected chi connectivity index (χ2v) is 4.85. The van der Waals surface area contributed by atoms with Crippen LogP contribution in [0.1, 0.15) is 47.5 Å². The highest BCUT2D eigenvalue weighted by atomic mass is 16.6. The van der Waals surface area contributed by atoms with Crippen LogP contribution in [0.4, 0.5) is 0 Å². The number of ether oxygens (including phenoxy) is 2. The molecular formula is C17H26O4. The molecule has 0 heterocycles. The molecule has 0 aromatic heterocycles. The minimum Gasteiger partial charge on any atom is -0.462 e. The fourth-order valence-electron chi connectivity index (χ4n) is 1.53. The van der Waals surface area contributed by atoms with E-state index in [1.54, 1.807) is 19.9 Å². The van der Waals surface area contributed by atoms with E-state index in [0.29, 0.717) is 0 Å². The average molecular weight is 294 g/mol. The zero-order chi connectivity index (χ0) is 16.3. The number of esters is 2. The normalized spacial score (nSPS) is 10.6. The van der Waals surface area contributed by atoms with E-state index in [-0.39, 0.29) is 18.8 Å². The molecule has 0 N–H and O–H groups in total. The largest absolute Gasteiger partial charge is 0.462 e. The molecule has 0 bridgehead atoms. The highest BCUT2D eigenvalue weighted by Crippen LogP contribution is 2.09. The molecule has 0 aromatic rings. The van der Waals surface area contributed by atoms with Gasteiger partial charge < -0.3 is 9.47 Å². The highest BCUT2D eigenvalue weighted by Gasteiger charge is 2.19. The molecule has 0 atom stereocenters. The van der Waals surface area contributed by atoms with Gasteiger partial charge in [0, 0.05) is 0 Å². The van der Waals surface area contributed by atoms with Gasteiger partial charge in [-0.2, -0.15) is 0 Å². The van der Waals surface area contributed by atoms with Crippen LogP contribution >= 0.6 is 0 Å². The predicted octanol–water partition coefficient (Wildman–Crippen LogP) is 3.73. The molecule has 0 aromatic carbocycles. The van der Waals surface area contributed by atoms with Gasteiger partial charge in [-0.25, -0.2) is 9.59 Å². The first-order chi connectivity index (χ1) is 9.92. The van der Waals surface area contributed by atoms with E-state index in [9.17, 15) is 9.59 Å². The Morgan fingerprint density at radius 1 is 0.905 bits per heavy atom. The van der Waals surface area contributed by atoms with E-state index in [2.05, 4.69) is 19.9 Å². The van der Waals surface area contributed by atoms with Gasteiger partial charge in [0.15, 0.2) is 0 Å². The van der Waals surface area contributed by atoms with Gasteiger partial charge in [-0.3, -0.25) is 0 Å². The molecule has 0 rings (SSSR count). The van der Waals surface area contributed by atoms with Crippen LogP contribution in [0.3, 0.4) is 0 Å². The van der Waals surface area contributed by atoms with Crippen molar-refractivity contribution in [1.82, 2.24) is 0 Å². The van der Waals surface area contributed by atoms with Crippen molar-refractivity contribution in [2.24, 2.45) is 0 Å². The third-order valence-electron chi connectivity index (χ3n) is 2.62. The van der Waals surface area contributed by atoms with Gasteiger partial charge in [0.1, 0.15) is 5.57 Å². The van der Waals surface area contributed by atoms with Crippen LogP contribution in [0.25, 0.3) is 0 Å². The fraction of sp³-hybridized carbons (Fsp3) is 0.529. The summed E-state index contributed by atoms with van der Waals surface area (Å²) in [5.41, 5.74) is 2.29. The number of hydrogen-bond acceptors (Lipinski definition) is 4. The number of carbonyl (C=O) groups is 2. The molecular weight excluding hydrogens is 268 g/mol. The zero-order valence-corrected chi connectivity index (χ0v) is 13.7. The quantitative estimate of drug-likeness (QED) is 0.171. The number of hydrogen-bond donors (Lipinski definition) is 0. The van der Waals surface area contributed by atoms with Crippen LogP contribution in [0, 0.1) is 0 Å². The maximum absolute atomic E-state index is 11.7. The summed E-state index contributed by atoms with van der Waals surface area (Å²) in [5, 5.41) is 0. The third-order valence-corrected chi connectivity index (χ3v) is 2.62. The summed E-state index contributed by atoms with van der Waals surface area (Å²) in [5.74, 6) is -1.30.